The van der Waals surface area contributed by atoms with Crippen LogP contribution in [0.3, 0.4) is 0 Å². The van der Waals surface area contributed by atoms with Gasteiger partial charge in [-0.3, -0.25) is 4.68 Å². The molecule has 0 fully saturated rings. The average Bonchev–Trinajstić information content (AvgIpc) is 2.78. The maximum Gasteiger partial charge on any atom is 0.150 e. The van der Waals surface area contributed by atoms with E-state index in [0.717, 1.165) is 23.7 Å². The van der Waals surface area contributed by atoms with Gasteiger partial charge in [0.05, 0.1) is 17.9 Å². The fourth-order valence-corrected chi connectivity index (χ4v) is 1.88. The van der Waals surface area contributed by atoms with Gasteiger partial charge < -0.3 is 9.84 Å². The molecule has 0 aliphatic carbocycles. The summed E-state index contributed by atoms with van der Waals surface area (Å²) in [6.45, 7) is 7.51. The summed E-state index contributed by atoms with van der Waals surface area (Å²) in [5.41, 5.74) is 4.44. The van der Waals surface area contributed by atoms with Crippen molar-refractivity contribution in [2.24, 2.45) is 7.05 Å². The number of aromatic nitrogens is 3. The molecule has 0 amide bonds. The van der Waals surface area contributed by atoms with Crippen molar-refractivity contribution in [1.82, 2.24) is 20.3 Å². The molecule has 0 saturated carbocycles. The second-order valence-electron chi connectivity index (χ2n) is 4.31. The molecule has 0 radical (unpaired) electrons. The summed E-state index contributed by atoms with van der Waals surface area (Å²) in [6, 6.07) is 1.94. The summed E-state index contributed by atoms with van der Waals surface area (Å²) in [7, 11) is 1.96. The van der Waals surface area contributed by atoms with Crippen molar-refractivity contribution in [3.05, 3.63) is 34.5 Å². The fourth-order valence-electron chi connectivity index (χ4n) is 1.88. The van der Waals surface area contributed by atoms with Gasteiger partial charge in [-0.1, -0.05) is 5.16 Å². The number of nitrogens with one attached hydrogen (secondary N) is 1. The third-order valence-corrected chi connectivity index (χ3v) is 2.94. The van der Waals surface area contributed by atoms with E-state index in [0.29, 0.717) is 6.54 Å². The van der Waals surface area contributed by atoms with Gasteiger partial charge in [0.25, 0.3) is 0 Å². The van der Waals surface area contributed by atoms with Crippen LogP contribution in [0.1, 0.15) is 28.4 Å². The standard InChI is InChI=1S/C12H18N4O/c1-8-5-11(17-15-8)6-13-7-12-9(2)14-16(4)10(12)3/h5,13H,6-7H2,1-4H3. The molecule has 0 saturated heterocycles. The Kier molecular flexibility index (Phi) is 3.28. The molecule has 2 rings (SSSR count). The zero-order valence-corrected chi connectivity index (χ0v) is 10.7. The Morgan fingerprint density at radius 1 is 1.29 bits per heavy atom. The highest BCUT2D eigenvalue weighted by Crippen LogP contribution is 2.11. The van der Waals surface area contributed by atoms with Crippen LogP contribution < -0.4 is 5.32 Å². The molecule has 2 aromatic heterocycles. The molecule has 2 heterocycles. The van der Waals surface area contributed by atoms with Gasteiger partial charge in [-0.25, -0.2) is 0 Å². The monoisotopic (exact) mass is 234 g/mol. The van der Waals surface area contributed by atoms with E-state index in [2.05, 4.69) is 22.5 Å². The van der Waals surface area contributed by atoms with E-state index in [-0.39, 0.29) is 0 Å². The second kappa shape index (κ2) is 4.71. The van der Waals surface area contributed by atoms with Gasteiger partial charge in [-0.15, -0.1) is 0 Å². The van der Waals surface area contributed by atoms with Crippen LogP contribution in [0.5, 0.6) is 0 Å². The lowest BCUT2D eigenvalue weighted by Crippen LogP contribution is -2.13. The fraction of sp³-hybridized carbons (Fsp3) is 0.500. The van der Waals surface area contributed by atoms with Crippen molar-refractivity contribution in [3.8, 4) is 0 Å². The van der Waals surface area contributed by atoms with E-state index in [1.807, 2.05) is 31.6 Å². The summed E-state index contributed by atoms with van der Waals surface area (Å²) < 4.78 is 7.04. The first-order valence-electron chi connectivity index (χ1n) is 5.70. The number of nitrogens with zero attached hydrogens (tertiary/aromatic N) is 3. The van der Waals surface area contributed by atoms with Gasteiger partial charge in [0.2, 0.25) is 0 Å². The van der Waals surface area contributed by atoms with Crippen molar-refractivity contribution in [2.75, 3.05) is 0 Å². The van der Waals surface area contributed by atoms with Crippen LogP contribution in [0, 0.1) is 20.8 Å². The van der Waals surface area contributed by atoms with Crippen molar-refractivity contribution < 1.29 is 4.52 Å². The third-order valence-electron chi connectivity index (χ3n) is 2.94. The van der Waals surface area contributed by atoms with E-state index in [9.17, 15) is 0 Å². The lowest BCUT2D eigenvalue weighted by molar-refractivity contribution is 0.369. The summed E-state index contributed by atoms with van der Waals surface area (Å²) in [5, 5.41) is 11.6. The molecular weight excluding hydrogens is 216 g/mol. The first kappa shape index (κ1) is 11.9. The summed E-state index contributed by atoms with van der Waals surface area (Å²) in [4.78, 5) is 0. The van der Waals surface area contributed by atoms with Crippen LogP contribution in [0.2, 0.25) is 0 Å². The van der Waals surface area contributed by atoms with Gasteiger partial charge in [0.1, 0.15) is 0 Å². The van der Waals surface area contributed by atoms with Crippen LogP contribution in [-0.4, -0.2) is 14.9 Å². The predicted molar refractivity (Wildman–Crippen MR) is 64.5 cm³/mol. The highest BCUT2D eigenvalue weighted by atomic mass is 16.5. The molecule has 5 heteroatoms. The van der Waals surface area contributed by atoms with Crippen molar-refractivity contribution >= 4 is 0 Å². The second-order valence-corrected chi connectivity index (χ2v) is 4.31. The summed E-state index contributed by atoms with van der Waals surface area (Å²) in [6.07, 6.45) is 0. The molecule has 0 spiro atoms. The normalized spacial score (nSPS) is 11.1. The van der Waals surface area contributed by atoms with E-state index < -0.39 is 0 Å². The van der Waals surface area contributed by atoms with Crippen molar-refractivity contribution in [1.29, 1.82) is 0 Å². The Bertz CT molecular complexity index is 513. The Balaban J connectivity index is 1.94. The maximum absolute atomic E-state index is 5.13. The molecule has 1 N–H and O–H groups in total. The van der Waals surface area contributed by atoms with Gasteiger partial charge in [0, 0.05) is 30.9 Å². The van der Waals surface area contributed by atoms with E-state index in [1.54, 1.807) is 0 Å². The summed E-state index contributed by atoms with van der Waals surface area (Å²) >= 11 is 0. The zero-order valence-electron chi connectivity index (χ0n) is 10.7. The molecule has 5 nitrogen and oxygen atoms in total. The number of aryl methyl sites for hydroxylation is 3. The number of rotatable bonds is 4. The molecule has 0 aliphatic heterocycles. The molecule has 2 aromatic rings. The molecule has 0 aromatic carbocycles. The molecule has 0 aliphatic rings. The molecule has 0 atom stereocenters. The highest BCUT2D eigenvalue weighted by Gasteiger charge is 2.09. The van der Waals surface area contributed by atoms with Gasteiger partial charge in [0.15, 0.2) is 5.76 Å². The molecule has 0 bridgehead atoms. The lowest BCUT2D eigenvalue weighted by atomic mass is 10.2. The topological polar surface area (TPSA) is 55.9 Å². The van der Waals surface area contributed by atoms with Crippen molar-refractivity contribution in [2.45, 2.75) is 33.9 Å². The lowest BCUT2D eigenvalue weighted by Gasteiger charge is -2.03. The third kappa shape index (κ3) is 2.55. The van der Waals surface area contributed by atoms with Crippen LogP contribution >= 0.6 is 0 Å². The van der Waals surface area contributed by atoms with Crippen LogP contribution in [0.15, 0.2) is 10.6 Å². The minimum Gasteiger partial charge on any atom is -0.360 e. The SMILES string of the molecule is Cc1cc(CNCc2c(C)nn(C)c2C)on1. The molecule has 92 valence electrons. The first-order chi connectivity index (χ1) is 8.08. The predicted octanol–water partition coefficient (Wildman–Crippen LogP) is 1.62. The Morgan fingerprint density at radius 2 is 2.06 bits per heavy atom. The van der Waals surface area contributed by atoms with Gasteiger partial charge >= 0.3 is 0 Å². The van der Waals surface area contributed by atoms with E-state index >= 15 is 0 Å². The largest absolute Gasteiger partial charge is 0.360 e. The molecule has 0 unspecified atom stereocenters. The quantitative estimate of drug-likeness (QED) is 0.873. The highest BCUT2D eigenvalue weighted by molar-refractivity contribution is 5.24. The minimum absolute atomic E-state index is 0.689. The first-order valence-corrected chi connectivity index (χ1v) is 5.70. The van der Waals surface area contributed by atoms with E-state index in [4.69, 9.17) is 4.52 Å². The van der Waals surface area contributed by atoms with Crippen LogP contribution in [-0.2, 0) is 20.1 Å². The number of hydrogen-bond donors (Lipinski definition) is 1. The Labute approximate surface area is 101 Å². The van der Waals surface area contributed by atoms with Crippen molar-refractivity contribution in [3.63, 3.8) is 0 Å². The Hall–Kier alpha value is -1.62. The van der Waals surface area contributed by atoms with Gasteiger partial charge in [-0.2, -0.15) is 5.10 Å². The average molecular weight is 234 g/mol. The van der Waals surface area contributed by atoms with Crippen LogP contribution in [0.25, 0.3) is 0 Å². The smallest absolute Gasteiger partial charge is 0.150 e. The summed E-state index contributed by atoms with van der Waals surface area (Å²) in [5.74, 6) is 0.863. The minimum atomic E-state index is 0.689. The molecular formula is C12H18N4O. The van der Waals surface area contributed by atoms with Crippen LogP contribution in [0.4, 0.5) is 0 Å². The maximum atomic E-state index is 5.13. The zero-order chi connectivity index (χ0) is 12.4. The van der Waals surface area contributed by atoms with Gasteiger partial charge in [-0.05, 0) is 20.8 Å². The van der Waals surface area contributed by atoms with E-state index in [1.165, 1.54) is 11.3 Å². The number of hydrogen-bond acceptors (Lipinski definition) is 4. The molecule has 17 heavy (non-hydrogen) atoms. The Morgan fingerprint density at radius 3 is 2.59 bits per heavy atom.